The van der Waals surface area contributed by atoms with Gasteiger partial charge in [-0.25, -0.2) is 0 Å². The summed E-state index contributed by atoms with van der Waals surface area (Å²) in [6.07, 6.45) is 8.05. The van der Waals surface area contributed by atoms with Crippen LogP contribution in [0.25, 0.3) is 10.2 Å². The first-order valence-corrected chi connectivity index (χ1v) is 10.4. The lowest BCUT2D eigenvalue weighted by Gasteiger charge is -2.19. The van der Waals surface area contributed by atoms with Crippen molar-refractivity contribution in [3.8, 4) is 0 Å². The van der Waals surface area contributed by atoms with Gasteiger partial charge >= 0.3 is 4.87 Å². The summed E-state index contributed by atoms with van der Waals surface area (Å²) >= 11 is 1.25. The largest absolute Gasteiger partial charge is 0.308 e. The third-order valence-corrected chi connectivity index (χ3v) is 6.06. The Labute approximate surface area is 165 Å². The summed E-state index contributed by atoms with van der Waals surface area (Å²) < 4.78 is 2.81. The second kappa shape index (κ2) is 10.2. The lowest BCUT2D eigenvalue weighted by molar-refractivity contribution is 0.0988. The number of carbonyl (C=O) groups is 1. The van der Waals surface area contributed by atoms with Crippen molar-refractivity contribution >= 4 is 39.7 Å². The van der Waals surface area contributed by atoms with Crippen LogP contribution in [0.5, 0.6) is 0 Å². The molecule has 0 amide bonds. The number of unbranched alkanes of at least 4 members (excludes halogenated alkanes) is 1. The van der Waals surface area contributed by atoms with Crippen molar-refractivity contribution in [2.45, 2.75) is 58.4 Å². The van der Waals surface area contributed by atoms with Crippen LogP contribution in [0.1, 0.15) is 62.2 Å². The zero-order valence-electron chi connectivity index (χ0n) is 15.5. The maximum Gasteiger partial charge on any atom is 0.308 e. The monoisotopic (exact) mass is 396 g/mol. The van der Waals surface area contributed by atoms with Gasteiger partial charge in [-0.1, -0.05) is 31.1 Å². The van der Waals surface area contributed by atoms with Gasteiger partial charge in [0.2, 0.25) is 0 Å². The van der Waals surface area contributed by atoms with Gasteiger partial charge in [-0.05, 0) is 63.5 Å². The number of Topliss-reactive ketones (excluding diaryl/α,β-unsaturated/α-hetero) is 1. The van der Waals surface area contributed by atoms with Crippen molar-refractivity contribution in [3.63, 3.8) is 0 Å². The van der Waals surface area contributed by atoms with Gasteiger partial charge in [-0.15, -0.1) is 12.4 Å². The van der Waals surface area contributed by atoms with Crippen molar-refractivity contribution in [2.24, 2.45) is 0 Å². The van der Waals surface area contributed by atoms with Crippen LogP contribution < -0.4 is 4.87 Å². The number of halogens is 1. The Kier molecular flexibility index (Phi) is 8.32. The fourth-order valence-electron chi connectivity index (χ4n) is 3.62. The van der Waals surface area contributed by atoms with Crippen LogP contribution in [0.15, 0.2) is 23.0 Å². The molecule has 0 N–H and O–H groups in total. The van der Waals surface area contributed by atoms with Crippen LogP contribution in [0, 0.1) is 0 Å². The fourth-order valence-corrected chi connectivity index (χ4v) is 4.58. The molecule has 0 aliphatic carbocycles. The smallest absolute Gasteiger partial charge is 0.303 e. The lowest BCUT2D eigenvalue weighted by atomic mass is 10.1. The number of benzene rings is 1. The molecule has 2 heterocycles. The Bertz CT molecular complexity index is 776. The molecule has 1 aliphatic rings. The average molecular weight is 397 g/mol. The zero-order valence-corrected chi connectivity index (χ0v) is 17.2. The number of nitrogens with zero attached hydrogens (tertiary/aromatic N) is 2. The van der Waals surface area contributed by atoms with E-state index in [-0.39, 0.29) is 23.1 Å². The Morgan fingerprint density at radius 3 is 2.46 bits per heavy atom. The van der Waals surface area contributed by atoms with E-state index in [1.54, 1.807) is 0 Å². The molecule has 4 nitrogen and oxygen atoms in total. The van der Waals surface area contributed by atoms with Crippen molar-refractivity contribution in [3.05, 3.63) is 33.4 Å². The molecule has 1 aromatic heterocycles. The van der Waals surface area contributed by atoms with Crippen molar-refractivity contribution < 1.29 is 4.79 Å². The lowest BCUT2D eigenvalue weighted by Crippen LogP contribution is -2.26. The summed E-state index contributed by atoms with van der Waals surface area (Å²) in [6.45, 7) is 6.25. The standard InChI is InChI=1S/C20H28N2O2S.ClH/c1-2-18(23)16-9-10-17-19(15-16)25-20(24)22(17)14-8-7-13-21-11-5-3-4-6-12-21;/h9-10,15H,2-8,11-14H2,1H3;1H. The highest BCUT2D eigenvalue weighted by Crippen LogP contribution is 2.20. The van der Waals surface area contributed by atoms with Crippen LogP contribution in [0.4, 0.5) is 0 Å². The molecule has 0 unspecified atom stereocenters. The van der Waals surface area contributed by atoms with Gasteiger partial charge < -0.3 is 4.90 Å². The predicted molar refractivity (Wildman–Crippen MR) is 112 cm³/mol. The first-order chi connectivity index (χ1) is 12.2. The predicted octanol–water partition coefficient (Wildman–Crippen LogP) is 4.73. The third kappa shape index (κ3) is 5.18. The van der Waals surface area contributed by atoms with Crippen molar-refractivity contribution in [1.29, 1.82) is 0 Å². The molecule has 2 aromatic rings. The van der Waals surface area contributed by atoms with E-state index >= 15 is 0 Å². The molecule has 1 saturated heterocycles. The molecular formula is C20H29ClN2O2S. The number of ketones is 1. The van der Waals surface area contributed by atoms with Crippen LogP contribution >= 0.6 is 23.7 Å². The molecule has 0 spiro atoms. The molecule has 6 heteroatoms. The molecule has 1 fully saturated rings. The van der Waals surface area contributed by atoms with Crippen LogP contribution in [-0.4, -0.2) is 34.9 Å². The summed E-state index contributed by atoms with van der Waals surface area (Å²) in [5.41, 5.74) is 1.68. The van der Waals surface area contributed by atoms with Crippen LogP contribution in [0.2, 0.25) is 0 Å². The van der Waals surface area contributed by atoms with Gasteiger partial charge in [-0.3, -0.25) is 14.2 Å². The van der Waals surface area contributed by atoms with E-state index in [0.717, 1.165) is 36.1 Å². The number of fused-ring (bicyclic) bond motifs is 1. The van der Waals surface area contributed by atoms with Crippen molar-refractivity contribution in [1.82, 2.24) is 9.47 Å². The highest BCUT2D eigenvalue weighted by molar-refractivity contribution is 7.16. The number of rotatable bonds is 7. The number of likely N-dealkylation sites (tertiary alicyclic amines) is 1. The summed E-state index contributed by atoms with van der Waals surface area (Å²) in [7, 11) is 0. The first-order valence-electron chi connectivity index (χ1n) is 9.58. The molecule has 1 aromatic carbocycles. The van der Waals surface area contributed by atoms with Crippen LogP contribution in [-0.2, 0) is 6.54 Å². The average Bonchev–Trinajstić information content (AvgIpc) is 2.79. The molecule has 0 saturated carbocycles. The fraction of sp³-hybridized carbons (Fsp3) is 0.600. The third-order valence-electron chi connectivity index (χ3n) is 5.12. The topological polar surface area (TPSA) is 42.3 Å². The minimum Gasteiger partial charge on any atom is -0.303 e. The minimum atomic E-state index is 0. The summed E-state index contributed by atoms with van der Waals surface area (Å²) in [5, 5.41) is 0. The second-order valence-corrected chi connectivity index (χ2v) is 7.93. The van der Waals surface area contributed by atoms with Crippen molar-refractivity contribution in [2.75, 3.05) is 19.6 Å². The molecule has 0 radical (unpaired) electrons. The number of carbonyl (C=O) groups excluding carboxylic acids is 1. The molecule has 3 rings (SSSR count). The molecule has 0 atom stereocenters. The highest BCUT2D eigenvalue weighted by Gasteiger charge is 2.12. The summed E-state index contributed by atoms with van der Waals surface area (Å²) in [4.78, 5) is 26.8. The van der Waals surface area contributed by atoms with E-state index in [1.807, 2.05) is 29.7 Å². The maximum atomic E-state index is 12.3. The molecule has 26 heavy (non-hydrogen) atoms. The SMILES string of the molecule is CCC(=O)c1ccc2c(c1)sc(=O)n2CCCCN1CCCCCC1.Cl. The minimum absolute atomic E-state index is 0. The molecule has 144 valence electrons. The Hall–Kier alpha value is -1.17. The van der Waals surface area contributed by atoms with E-state index in [1.165, 1.54) is 50.1 Å². The summed E-state index contributed by atoms with van der Waals surface area (Å²) in [6, 6.07) is 5.67. The number of hydrogen-bond donors (Lipinski definition) is 0. The quantitative estimate of drug-likeness (QED) is 0.501. The van der Waals surface area contributed by atoms with E-state index < -0.39 is 0 Å². The van der Waals surface area contributed by atoms with Gasteiger partial charge in [0.25, 0.3) is 0 Å². The second-order valence-electron chi connectivity index (χ2n) is 6.94. The van der Waals surface area contributed by atoms with E-state index in [0.29, 0.717) is 12.0 Å². The first kappa shape index (κ1) is 21.1. The van der Waals surface area contributed by atoms with Gasteiger partial charge in [0.1, 0.15) is 0 Å². The number of aromatic nitrogens is 1. The molecule has 0 bridgehead atoms. The summed E-state index contributed by atoms with van der Waals surface area (Å²) in [5.74, 6) is 0.131. The normalized spacial score (nSPS) is 15.6. The van der Waals surface area contributed by atoms with Crippen LogP contribution in [0.3, 0.4) is 0 Å². The Morgan fingerprint density at radius 1 is 1.08 bits per heavy atom. The Balaban J connectivity index is 0.00000243. The van der Waals surface area contributed by atoms with E-state index in [9.17, 15) is 9.59 Å². The van der Waals surface area contributed by atoms with E-state index in [4.69, 9.17) is 0 Å². The van der Waals surface area contributed by atoms with Gasteiger partial charge in [-0.2, -0.15) is 0 Å². The highest BCUT2D eigenvalue weighted by atomic mass is 35.5. The van der Waals surface area contributed by atoms with Gasteiger partial charge in [0.05, 0.1) is 10.2 Å². The number of aryl methyl sites for hydroxylation is 1. The zero-order chi connectivity index (χ0) is 17.6. The molecular weight excluding hydrogens is 368 g/mol. The number of hydrogen-bond acceptors (Lipinski definition) is 4. The van der Waals surface area contributed by atoms with Gasteiger partial charge in [0, 0.05) is 18.5 Å². The maximum absolute atomic E-state index is 12.3. The molecule has 1 aliphatic heterocycles. The van der Waals surface area contributed by atoms with Gasteiger partial charge in [0.15, 0.2) is 5.78 Å². The van der Waals surface area contributed by atoms with E-state index in [2.05, 4.69) is 4.90 Å². The number of thiazole rings is 1. The Morgan fingerprint density at radius 2 is 1.77 bits per heavy atom.